The number of hydrogen-bond acceptors (Lipinski definition) is 2. The standard InChI is InChI=1S/C15H21NO/c1-12-8-10-14(11-9-12)15(16-17-2)13-6-4-3-5-7-13/h8-11,13H,3-7H2,1-2H3. The Kier molecular flexibility index (Phi) is 4.18. The summed E-state index contributed by atoms with van der Waals surface area (Å²) in [5.74, 6) is 0.575. The van der Waals surface area contributed by atoms with Crippen LogP contribution in [0.3, 0.4) is 0 Å². The van der Waals surface area contributed by atoms with Crippen molar-refractivity contribution in [1.29, 1.82) is 0 Å². The van der Waals surface area contributed by atoms with Gasteiger partial charge in [0, 0.05) is 5.92 Å². The first kappa shape index (κ1) is 12.2. The van der Waals surface area contributed by atoms with Crippen LogP contribution in [0.15, 0.2) is 29.4 Å². The summed E-state index contributed by atoms with van der Waals surface area (Å²) in [6, 6.07) is 8.59. The van der Waals surface area contributed by atoms with Gasteiger partial charge in [-0.15, -0.1) is 0 Å². The van der Waals surface area contributed by atoms with Crippen molar-refractivity contribution in [2.45, 2.75) is 39.0 Å². The second-order valence-electron chi connectivity index (χ2n) is 4.86. The zero-order chi connectivity index (χ0) is 12.1. The predicted octanol–water partition coefficient (Wildman–Crippen LogP) is 3.93. The van der Waals surface area contributed by atoms with Gasteiger partial charge in [-0.05, 0) is 25.3 Å². The summed E-state index contributed by atoms with van der Waals surface area (Å²) < 4.78 is 0. The molecule has 1 aromatic carbocycles. The SMILES string of the molecule is CON=C(c1ccc(C)cc1)C1CCCCC1. The lowest BCUT2D eigenvalue weighted by Crippen LogP contribution is -2.19. The molecule has 0 N–H and O–H groups in total. The van der Waals surface area contributed by atoms with E-state index in [1.807, 2.05) is 0 Å². The van der Waals surface area contributed by atoms with Crippen LogP contribution in [-0.2, 0) is 4.84 Å². The smallest absolute Gasteiger partial charge is 0.106 e. The van der Waals surface area contributed by atoms with Gasteiger partial charge in [0.05, 0.1) is 5.71 Å². The molecular formula is C15H21NO. The van der Waals surface area contributed by atoms with Crippen molar-refractivity contribution in [2.24, 2.45) is 11.1 Å². The molecule has 0 radical (unpaired) electrons. The molecular weight excluding hydrogens is 210 g/mol. The van der Waals surface area contributed by atoms with E-state index in [1.54, 1.807) is 7.11 Å². The highest BCUT2D eigenvalue weighted by atomic mass is 16.6. The Bertz CT molecular complexity index is 374. The van der Waals surface area contributed by atoms with E-state index < -0.39 is 0 Å². The maximum absolute atomic E-state index is 5.03. The number of benzene rings is 1. The van der Waals surface area contributed by atoms with Gasteiger partial charge in [0.2, 0.25) is 0 Å². The first-order chi connectivity index (χ1) is 8.31. The molecule has 0 aliphatic heterocycles. The largest absolute Gasteiger partial charge is 0.399 e. The van der Waals surface area contributed by atoms with Gasteiger partial charge in [-0.3, -0.25) is 0 Å². The molecule has 2 heteroatoms. The molecule has 17 heavy (non-hydrogen) atoms. The third-order valence-electron chi connectivity index (χ3n) is 3.53. The van der Waals surface area contributed by atoms with E-state index in [9.17, 15) is 0 Å². The minimum absolute atomic E-state index is 0.575. The van der Waals surface area contributed by atoms with Crippen LogP contribution in [0.5, 0.6) is 0 Å². The van der Waals surface area contributed by atoms with Crippen LogP contribution in [0.25, 0.3) is 0 Å². The Hall–Kier alpha value is -1.31. The van der Waals surface area contributed by atoms with Gasteiger partial charge in [-0.2, -0.15) is 0 Å². The quantitative estimate of drug-likeness (QED) is 0.570. The second-order valence-corrected chi connectivity index (χ2v) is 4.86. The molecule has 1 fully saturated rings. The van der Waals surface area contributed by atoms with Crippen LogP contribution in [0.4, 0.5) is 0 Å². The molecule has 0 aromatic heterocycles. The molecule has 2 rings (SSSR count). The predicted molar refractivity (Wildman–Crippen MR) is 71.3 cm³/mol. The lowest BCUT2D eigenvalue weighted by atomic mass is 9.83. The fraction of sp³-hybridized carbons (Fsp3) is 0.533. The Balaban J connectivity index is 2.22. The highest BCUT2D eigenvalue weighted by Crippen LogP contribution is 2.27. The van der Waals surface area contributed by atoms with Gasteiger partial charge >= 0.3 is 0 Å². The normalized spacial score (nSPS) is 18.1. The van der Waals surface area contributed by atoms with E-state index in [-0.39, 0.29) is 0 Å². The first-order valence-electron chi connectivity index (χ1n) is 6.49. The van der Waals surface area contributed by atoms with Crippen LogP contribution in [0, 0.1) is 12.8 Å². The molecule has 1 aliphatic carbocycles. The van der Waals surface area contributed by atoms with Crippen LogP contribution in [-0.4, -0.2) is 12.8 Å². The van der Waals surface area contributed by atoms with E-state index in [4.69, 9.17) is 4.84 Å². The summed E-state index contributed by atoms with van der Waals surface area (Å²) >= 11 is 0. The summed E-state index contributed by atoms with van der Waals surface area (Å²) in [7, 11) is 1.64. The maximum Gasteiger partial charge on any atom is 0.106 e. The van der Waals surface area contributed by atoms with Crippen molar-refractivity contribution < 1.29 is 4.84 Å². The summed E-state index contributed by atoms with van der Waals surface area (Å²) in [6.45, 7) is 2.11. The average molecular weight is 231 g/mol. The molecule has 0 saturated heterocycles. The topological polar surface area (TPSA) is 21.6 Å². The van der Waals surface area contributed by atoms with E-state index in [2.05, 4.69) is 36.3 Å². The maximum atomic E-state index is 5.03. The van der Waals surface area contributed by atoms with E-state index in [0.29, 0.717) is 5.92 Å². The molecule has 0 heterocycles. The monoisotopic (exact) mass is 231 g/mol. The van der Waals surface area contributed by atoms with Crippen molar-refractivity contribution in [3.8, 4) is 0 Å². The molecule has 0 atom stereocenters. The molecule has 2 nitrogen and oxygen atoms in total. The fourth-order valence-electron chi connectivity index (χ4n) is 2.56. The van der Waals surface area contributed by atoms with Gasteiger partial charge in [0.1, 0.15) is 7.11 Å². The van der Waals surface area contributed by atoms with Crippen LogP contribution in [0.2, 0.25) is 0 Å². The van der Waals surface area contributed by atoms with Crippen LogP contribution < -0.4 is 0 Å². The molecule has 0 unspecified atom stereocenters. The zero-order valence-electron chi connectivity index (χ0n) is 10.8. The van der Waals surface area contributed by atoms with Gasteiger partial charge < -0.3 is 4.84 Å². The lowest BCUT2D eigenvalue weighted by molar-refractivity contribution is 0.210. The molecule has 1 saturated carbocycles. The van der Waals surface area contributed by atoms with Gasteiger partial charge in [0.15, 0.2) is 0 Å². The second kappa shape index (κ2) is 5.85. The summed E-state index contributed by atoms with van der Waals surface area (Å²) in [6.07, 6.45) is 6.50. The van der Waals surface area contributed by atoms with Crippen molar-refractivity contribution in [2.75, 3.05) is 7.11 Å². The van der Waals surface area contributed by atoms with E-state index in [1.165, 1.54) is 43.2 Å². The molecule has 0 amide bonds. The van der Waals surface area contributed by atoms with Gasteiger partial charge in [0.25, 0.3) is 0 Å². The number of aryl methyl sites for hydroxylation is 1. The molecule has 0 spiro atoms. The molecule has 0 bridgehead atoms. The van der Waals surface area contributed by atoms with E-state index in [0.717, 1.165) is 5.71 Å². The molecule has 92 valence electrons. The fourth-order valence-corrected chi connectivity index (χ4v) is 2.56. The average Bonchev–Trinajstić information content (AvgIpc) is 2.38. The first-order valence-corrected chi connectivity index (χ1v) is 6.49. The van der Waals surface area contributed by atoms with Gasteiger partial charge in [-0.25, -0.2) is 0 Å². The lowest BCUT2D eigenvalue weighted by Gasteiger charge is -2.23. The number of nitrogens with zero attached hydrogens (tertiary/aromatic N) is 1. The summed E-state index contributed by atoms with van der Waals surface area (Å²) in [5, 5.41) is 4.26. The van der Waals surface area contributed by atoms with Crippen LogP contribution in [0.1, 0.15) is 43.2 Å². The number of oxime groups is 1. The van der Waals surface area contributed by atoms with Crippen LogP contribution >= 0.6 is 0 Å². The third-order valence-corrected chi connectivity index (χ3v) is 3.53. The molecule has 1 aromatic rings. The summed E-state index contributed by atoms with van der Waals surface area (Å²) in [5.41, 5.74) is 3.63. The summed E-state index contributed by atoms with van der Waals surface area (Å²) in [4.78, 5) is 5.03. The highest BCUT2D eigenvalue weighted by molar-refractivity contribution is 6.02. The Morgan fingerprint density at radius 3 is 2.35 bits per heavy atom. The minimum Gasteiger partial charge on any atom is -0.399 e. The minimum atomic E-state index is 0.575. The Morgan fingerprint density at radius 2 is 1.76 bits per heavy atom. The Labute approximate surface area is 104 Å². The Morgan fingerprint density at radius 1 is 1.12 bits per heavy atom. The van der Waals surface area contributed by atoms with Crippen molar-refractivity contribution >= 4 is 5.71 Å². The zero-order valence-corrected chi connectivity index (χ0v) is 10.8. The highest BCUT2D eigenvalue weighted by Gasteiger charge is 2.21. The van der Waals surface area contributed by atoms with Crippen molar-refractivity contribution in [3.63, 3.8) is 0 Å². The number of rotatable bonds is 3. The third kappa shape index (κ3) is 3.09. The van der Waals surface area contributed by atoms with Gasteiger partial charge in [-0.1, -0.05) is 54.2 Å². The van der Waals surface area contributed by atoms with E-state index >= 15 is 0 Å². The van der Waals surface area contributed by atoms with Crippen molar-refractivity contribution in [1.82, 2.24) is 0 Å². The molecule has 1 aliphatic rings. The number of hydrogen-bond donors (Lipinski definition) is 0. The van der Waals surface area contributed by atoms with Crippen molar-refractivity contribution in [3.05, 3.63) is 35.4 Å².